The fourth-order valence-corrected chi connectivity index (χ4v) is 1.81. The lowest BCUT2D eigenvalue weighted by Crippen LogP contribution is -2.11. The van der Waals surface area contributed by atoms with Gasteiger partial charge in [0.05, 0.1) is 13.4 Å². The highest BCUT2D eigenvalue weighted by atomic mass is 16.5. The quantitative estimate of drug-likeness (QED) is 0.902. The number of aromatic nitrogens is 2. The van der Waals surface area contributed by atoms with Crippen LogP contribution in [0.15, 0.2) is 35.4 Å². The molecule has 4 heteroatoms. The summed E-state index contributed by atoms with van der Waals surface area (Å²) in [6.45, 7) is 4.28. The van der Waals surface area contributed by atoms with Crippen molar-refractivity contribution in [1.29, 1.82) is 0 Å². The van der Waals surface area contributed by atoms with Gasteiger partial charge in [-0.1, -0.05) is 38.1 Å². The van der Waals surface area contributed by atoms with E-state index in [1.54, 1.807) is 0 Å². The number of ether oxygens (including phenoxy) is 1. The summed E-state index contributed by atoms with van der Waals surface area (Å²) in [7, 11) is 1.47. The van der Waals surface area contributed by atoms with Crippen LogP contribution in [0.1, 0.15) is 25.3 Å². The molecule has 0 atom stereocenters. The van der Waals surface area contributed by atoms with Crippen molar-refractivity contribution in [1.82, 2.24) is 9.97 Å². The van der Waals surface area contributed by atoms with Crippen LogP contribution in [0.3, 0.4) is 0 Å². The van der Waals surface area contributed by atoms with Crippen LogP contribution in [0.2, 0.25) is 0 Å². The zero-order valence-corrected chi connectivity index (χ0v) is 10.7. The highest BCUT2D eigenvalue weighted by Gasteiger charge is 2.11. The number of nitrogens with one attached hydrogen (secondary N) is 1. The second-order valence-corrected chi connectivity index (χ2v) is 4.39. The molecule has 1 N–H and O–H groups in total. The maximum Gasteiger partial charge on any atom is 0.293 e. The highest BCUT2D eigenvalue weighted by Crippen LogP contribution is 2.25. The molecule has 0 fully saturated rings. The lowest BCUT2D eigenvalue weighted by molar-refractivity contribution is 0.408. The summed E-state index contributed by atoms with van der Waals surface area (Å²) >= 11 is 0. The predicted octanol–water partition coefficient (Wildman–Crippen LogP) is 2.57. The molecule has 0 bridgehead atoms. The molecule has 94 valence electrons. The first kappa shape index (κ1) is 12.4. The Balaban J connectivity index is 2.49. The van der Waals surface area contributed by atoms with Crippen LogP contribution in [0.5, 0.6) is 5.75 Å². The second kappa shape index (κ2) is 5.04. The third kappa shape index (κ3) is 2.27. The number of nitrogens with zero attached hydrogens (tertiary/aromatic N) is 1. The van der Waals surface area contributed by atoms with Gasteiger partial charge in [-0.2, -0.15) is 0 Å². The minimum atomic E-state index is -0.268. The Morgan fingerprint density at radius 2 is 1.89 bits per heavy atom. The minimum Gasteiger partial charge on any atom is -0.490 e. The fourth-order valence-electron chi connectivity index (χ4n) is 1.81. The van der Waals surface area contributed by atoms with E-state index in [4.69, 9.17) is 4.74 Å². The molecule has 2 aromatic rings. The SMILES string of the molecule is COc1c(-c2ccc(C(C)C)cc2)nc[nH]c1=O. The van der Waals surface area contributed by atoms with Crippen molar-refractivity contribution in [2.45, 2.75) is 19.8 Å². The van der Waals surface area contributed by atoms with E-state index in [0.29, 0.717) is 11.6 Å². The molecule has 0 saturated heterocycles. The van der Waals surface area contributed by atoms with Gasteiger partial charge in [0, 0.05) is 5.56 Å². The summed E-state index contributed by atoms with van der Waals surface area (Å²) in [6, 6.07) is 8.00. The molecule has 0 radical (unpaired) electrons. The first-order valence-corrected chi connectivity index (χ1v) is 5.85. The summed E-state index contributed by atoms with van der Waals surface area (Å²) < 4.78 is 5.10. The van der Waals surface area contributed by atoms with E-state index in [2.05, 4.69) is 23.8 Å². The largest absolute Gasteiger partial charge is 0.490 e. The van der Waals surface area contributed by atoms with E-state index in [0.717, 1.165) is 5.56 Å². The Labute approximate surface area is 106 Å². The highest BCUT2D eigenvalue weighted by molar-refractivity contribution is 5.65. The maximum atomic E-state index is 11.6. The van der Waals surface area contributed by atoms with Gasteiger partial charge in [-0.05, 0) is 11.5 Å². The van der Waals surface area contributed by atoms with Crippen LogP contribution in [0, 0.1) is 0 Å². The van der Waals surface area contributed by atoms with Crippen molar-refractivity contribution < 1.29 is 4.74 Å². The Bertz CT molecular complexity index is 585. The number of rotatable bonds is 3. The number of benzene rings is 1. The third-order valence-electron chi connectivity index (χ3n) is 2.87. The molecule has 0 amide bonds. The van der Waals surface area contributed by atoms with E-state index in [9.17, 15) is 4.79 Å². The van der Waals surface area contributed by atoms with Gasteiger partial charge in [0.1, 0.15) is 5.69 Å². The lowest BCUT2D eigenvalue weighted by Gasteiger charge is -2.08. The number of hydrogen-bond donors (Lipinski definition) is 1. The van der Waals surface area contributed by atoms with Crippen molar-refractivity contribution in [3.8, 4) is 17.0 Å². The van der Waals surface area contributed by atoms with Crippen LogP contribution in [-0.2, 0) is 0 Å². The summed E-state index contributed by atoms with van der Waals surface area (Å²) in [5, 5.41) is 0. The van der Waals surface area contributed by atoms with Gasteiger partial charge < -0.3 is 9.72 Å². The van der Waals surface area contributed by atoms with Crippen molar-refractivity contribution >= 4 is 0 Å². The van der Waals surface area contributed by atoms with Crippen molar-refractivity contribution in [2.75, 3.05) is 7.11 Å². The number of aromatic amines is 1. The molecule has 2 rings (SSSR count). The van der Waals surface area contributed by atoms with Crippen LogP contribution >= 0.6 is 0 Å². The average molecular weight is 244 g/mol. The third-order valence-corrected chi connectivity index (χ3v) is 2.87. The molecule has 4 nitrogen and oxygen atoms in total. The van der Waals surface area contributed by atoms with E-state index in [1.807, 2.05) is 24.3 Å². The molecule has 1 aromatic carbocycles. The molecule has 0 saturated carbocycles. The number of methoxy groups -OCH3 is 1. The van der Waals surface area contributed by atoms with Gasteiger partial charge in [0.15, 0.2) is 0 Å². The molecule has 0 aliphatic heterocycles. The van der Waals surface area contributed by atoms with E-state index in [-0.39, 0.29) is 11.3 Å². The zero-order valence-electron chi connectivity index (χ0n) is 10.7. The topological polar surface area (TPSA) is 55.0 Å². The van der Waals surface area contributed by atoms with Gasteiger partial charge in [-0.15, -0.1) is 0 Å². The zero-order chi connectivity index (χ0) is 13.1. The summed E-state index contributed by atoms with van der Waals surface area (Å²) in [5.41, 5.74) is 2.43. The van der Waals surface area contributed by atoms with Crippen LogP contribution in [0.25, 0.3) is 11.3 Å². The molecule has 0 unspecified atom stereocenters. The Morgan fingerprint density at radius 1 is 1.22 bits per heavy atom. The molecule has 0 spiro atoms. The molecule has 0 aliphatic carbocycles. The summed E-state index contributed by atoms with van der Waals surface area (Å²) in [4.78, 5) is 18.3. The van der Waals surface area contributed by atoms with Crippen molar-refractivity contribution in [2.24, 2.45) is 0 Å². The predicted molar refractivity (Wildman–Crippen MR) is 70.9 cm³/mol. The summed E-state index contributed by atoms with van der Waals surface area (Å²) in [6.07, 6.45) is 1.39. The van der Waals surface area contributed by atoms with Gasteiger partial charge >= 0.3 is 0 Å². The van der Waals surface area contributed by atoms with E-state index >= 15 is 0 Å². The van der Waals surface area contributed by atoms with E-state index < -0.39 is 0 Å². The average Bonchev–Trinajstić information content (AvgIpc) is 2.38. The monoisotopic (exact) mass is 244 g/mol. The molecular weight excluding hydrogens is 228 g/mol. The van der Waals surface area contributed by atoms with E-state index in [1.165, 1.54) is 19.0 Å². The number of H-pyrrole nitrogens is 1. The normalized spacial score (nSPS) is 10.7. The Morgan fingerprint density at radius 3 is 2.44 bits per heavy atom. The van der Waals surface area contributed by atoms with Crippen LogP contribution < -0.4 is 10.3 Å². The maximum absolute atomic E-state index is 11.6. The second-order valence-electron chi connectivity index (χ2n) is 4.39. The smallest absolute Gasteiger partial charge is 0.293 e. The van der Waals surface area contributed by atoms with Gasteiger partial charge in [0.25, 0.3) is 5.56 Å². The fraction of sp³-hybridized carbons (Fsp3) is 0.286. The lowest BCUT2D eigenvalue weighted by atomic mass is 10.0. The molecule has 0 aliphatic rings. The van der Waals surface area contributed by atoms with Crippen LogP contribution in [-0.4, -0.2) is 17.1 Å². The van der Waals surface area contributed by atoms with Crippen molar-refractivity contribution in [3.63, 3.8) is 0 Å². The first-order valence-electron chi connectivity index (χ1n) is 5.85. The molecular formula is C14H16N2O2. The number of hydrogen-bond acceptors (Lipinski definition) is 3. The van der Waals surface area contributed by atoms with Gasteiger partial charge in [-0.25, -0.2) is 4.98 Å². The Hall–Kier alpha value is -2.10. The van der Waals surface area contributed by atoms with Crippen molar-refractivity contribution in [3.05, 3.63) is 46.5 Å². The first-order chi connectivity index (χ1) is 8.63. The van der Waals surface area contributed by atoms with Crippen LogP contribution in [0.4, 0.5) is 0 Å². The summed E-state index contributed by atoms with van der Waals surface area (Å²) in [5.74, 6) is 0.725. The van der Waals surface area contributed by atoms with Gasteiger partial charge in [0.2, 0.25) is 5.75 Å². The Kier molecular flexibility index (Phi) is 3.46. The molecule has 1 aromatic heterocycles. The minimum absolute atomic E-state index is 0.245. The molecule has 1 heterocycles. The van der Waals surface area contributed by atoms with Gasteiger partial charge in [-0.3, -0.25) is 4.79 Å². The standard InChI is InChI=1S/C14H16N2O2/c1-9(2)10-4-6-11(7-5-10)12-13(18-3)14(17)16-8-15-12/h4-9H,1-3H3,(H,15,16,17). The molecule has 18 heavy (non-hydrogen) atoms.